The number of nitrogens with one attached hydrogen (secondary N) is 1. The number of hydrogen-bond donors (Lipinski definition) is 2. The zero-order valence-electron chi connectivity index (χ0n) is 8.94. The fourth-order valence-electron chi connectivity index (χ4n) is 1.75. The minimum atomic E-state index is 0.356. The molecular formula is C11H17N3O. The molecule has 0 amide bonds. The molecule has 0 unspecified atom stereocenters. The number of pyridine rings is 1. The second-order valence-electron chi connectivity index (χ2n) is 3.86. The van der Waals surface area contributed by atoms with Gasteiger partial charge in [-0.25, -0.2) is 4.98 Å². The Bertz CT molecular complexity index is 323. The van der Waals surface area contributed by atoms with Crippen LogP contribution in [0.15, 0.2) is 18.3 Å². The molecule has 1 aromatic rings. The van der Waals surface area contributed by atoms with E-state index in [0.29, 0.717) is 24.6 Å². The highest BCUT2D eigenvalue weighted by molar-refractivity contribution is 5.53. The lowest BCUT2D eigenvalue weighted by Crippen LogP contribution is -2.44. The molecule has 0 spiro atoms. The van der Waals surface area contributed by atoms with Crippen LogP contribution in [0.25, 0.3) is 0 Å². The maximum atomic E-state index is 5.73. The first-order chi connectivity index (χ1) is 7.29. The van der Waals surface area contributed by atoms with Crippen molar-refractivity contribution in [3.63, 3.8) is 0 Å². The van der Waals surface area contributed by atoms with Crippen LogP contribution in [0.4, 0.5) is 5.69 Å². The van der Waals surface area contributed by atoms with Crippen LogP contribution in [0.3, 0.4) is 0 Å². The number of nitrogens with zero attached hydrogens (tertiary/aromatic N) is 1. The SMILES string of the molecule is CCOc1ncccc1NC1CC(N)C1. The molecule has 1 aromatic heterocycles. The number of rotatable bonds is 4. The third kappa shape index (κ3) is 2.39. The molecule has 0 atom stereocenters. The Morgan fingerprint density at radius 1 is 1.60 bits per heavy atom. The van der Waals surface area contributed by atoms with E-state index in [9.17, 15) is 0 Å². The molecule has 4 heteroatoms. The predicted molar refractivity (Wildman–Crippen MR) is 60.0 cm³/mol. The summed E-state index contributed by atoms with van der Waals surface area (Å²) < 4.78 is 5.43. The number of aromatic nitrogens is 1. The van der Waals surface area contributed by atoms with E-state index in [2.05, 4.69) is 10.3 Å². The molecule has 4 nitrogen and oxygen atoms in total. The van der Waals surface area contributed by atoms with Gasteiger partial charge in [-0.15, -0.1) is 0 Å². The lowest BCUT2D eigenvalue weighted by atomic mass is 9.87. The molecule has 0 radical (unpaired) electrons. The van der Waals surface area contributed by atoms with E-state index >= 15 is 0 Å². The summed E-state index contributed by atoms with van der Waals surface area (Å²) in [5.41, 5.74) is 6.70. The molecule has 3 N–H and O–H groups in total. The Labute approximate surface area is 89.8 Å². The summed E-state index contributed by atoms with van der Waals surface area (Å²) in [5, 5.41) is 3.39. The van der Waals surface area contributed by atoms with Crippen molar-refractivity contribution >= 4 is 5.69 Å². The van der Waals surface area contributed by atoms with Gasteiger partial charge in [-0.1, -0.05) is 0 Å². The molecule has 0 bridgehead atoms. The van der Waals surface area contributed by atoms with Crippen LogP contribution >= 0.6 is 0 Å². The van der Waals surface area contributed by atoms with Crippen molar-refractivity contribution in [2.45, 2.75) is 31.8 Å². The van der Waals surface area contributed by atoms with Crippen LogP contribution in [-0.4, -0.2) is 23.7 Å². The Kier molecular flexibility index (Phi) is 3.06. The zero-order valence-corrected chi connectivity index (χ0v) is 8.94. The quantitative estimate of drug-likeness (QED) is 0.783. The second-order valence-corrected chi connectivity index (χ2v) is 3.86. The largest absolute Gasteiger partial charge is 0.476 e. The first-order valence-electron chi connectivity index (χ1n) is 5.39. The van der Waals surface area contributed by atoms with Crippen LogP contribution < -0.4 is 15.8 Å². The summed E-state index contributed by atoms with van der Waals surface area (Å²) >= 11 is 0. The zero-order chi connectivity index (χ0) is 10.7. The Hall–Kier alpha value is -1.29. The number of nitrogens with two attached hydrogens (primary N) is 1. The Balaban J connectivity index is 2.00. The fourth-order valence-corrected chi connectivity index (χ4v) is 1.75. The molecule has 1 heterocycles. The van der Waals surface area contributed by atoms with Gasteiger partial charge in [0.05, 0.1) is 12.3 Å². The smallest absolute Gasteiger partial charge is 0.237 e. The number of ether oxygens (including phenoxy) is 1. The molecule has 1 fully saturated rings. The number of hydrogen-bond acceptors (Lipinski definition) is 4. The molecule has 1 aliphatic carbocycles. The Morgan fingerprint density at radius 3 is 3.07 bits per heavy atom. The summed E-state index contributed by atoms with van der Waals surface area (Å²) in [4.78, 5) is 4.18. The maximum absolute atomic E-state index is 5.73. The molecule has 0 aliphatic heterocycles. The molecule has 1 saturated carbocycles. The molecule has 0 saturated heterocycles. The lowest BCUT2D eigenvalue weighted by Gasteiger charge is -2.33. The first-order valence-corrected chi connectivity index (χ1v) is 5.39. The van der Waals surface area contributed by atoms with E-state index < -0.39 is 0 Å². The molecule has 2 rings (SSSR count). The van der Waals surface area contributed by atoms with Crippen molar-refractivity contribution in [1.82, 2.24) is 4.98 Å². The van der Waals surface area contributed by atoms with Crippen LogP contribution in [0.1, 0.15) is 19.8 Å². The highest BCUT2D eigenvalue weighted by Crippen LogP contribution is 2.27. The van der Waals surface area contributed by atoms with Gasteiger partial charge in [-0.2, -0.15) is 0 Å². The minimum Gasteiger partial charge on any atom is -0.476 e. The van der Waals surface area contributed by atoms with Gasteiger partial charge in [-0.3, -0.25) is 0 Å². The third-order valence-electron chi connectivity index (χ3n) is 2.59. The van der Waals surface area contributed by atoms with E-state index in [-0.39, 0.29) is 0 Å². The molecule has 15 heavy (non-hydrogen) atoms. The highest BCUT2D eigenvalue weighted by atomic mass is 16.5. The van der Waals surface area contributed by atoms with Crippen molar-refractivity contribution in [3.8, 4) is 5.88 Å². The summed E-state index contributed by atoms with van der Waals surface area (Å²) in [5.74, 6) is 0.681. The number of anilines is 1. The van der Waals surface area contributed by atoms with Gasteiger partial charge in [0.1, 0.15) is 0 Å². The van der Waals surface area contributed by atoms with Crippen molar-refractivity contribution in [2.75, 3.05) is 11.9 Å². The van der Waals surface area contributed by atoms with E-state index in [1.807, 2.05) is 19.1 Å². The second kappa shape index (κ2) is 4.49. The van der Waals surface area contributed by atoms with E-state index in [4.69, 9.17) is 10.5 Å². The molecular weight excluding hydrogens is 190 g/mol. The van der Waals surface area contributed by atoms with Gasteiger partial charge >= 0.3 is 0 Å². The van der Waals surface area contributed by atoms with E-state index in [0.717, 1.165) is 18.5 Å². The molecule has 0 aromatic carbocycles. The van der Waals surface area contributed by atoms with Crippen molar-refractivity contribution in [3.05, 3.63) is 18.3 Å². The standard InChI is InChI=1S/C11H17N3O/c1-2-15-11-10(4-3-5-13-11)14-9-6-8(12)7-9/h3-5,8-9,14H,2,6-7,12H2,1H3. The monoisotopic (exact) mass is 207 g/mol. The van der Waals surface area contributed by atoms with Crippen LogP contribution in [0.2, 0.25) is 0 Å². The van der Waals surface area contributed by atoms with Gasteiger partial charge < -0.3 is 15.8 Å². The van der Waals surface area contributed by atoms with Crippen molar-refractivity contribution < 1.29 is 4.74 Å². The average Bonchev–Trinajstić information content (AvgIpc) is 2.19. The predicted octanol–water partition coefficient (Wildman–Crippen LogP) is 1.38. The first kappa shape index (κ1) is 10.2. The van der Waals surface area contributed by atoms with Crippen LogP contribution in [0.5, 0.6) is 5.88 Å². The van der Waals surface area contributed by atoms with E-state index in [1.54, 1.807) is 6.20 Å². The maximum Gasteiger partial charge on any atom is 0.237 e. The molecule has 82 valence electrons. The summed E-state index contributed by atoms with van der Waals surface area (Å²) in [6.07, 6.45) is 3.80. The average molecular weight is 207 g/mol. The fraction of sp³-hybridized carbons (Fsp3) is 0.545. The van der Waals surface area contributed by atoms with Gasteiger partial charge in [0.25, 0.3) is 0 Å². The topological polar surface area (TPSA) is 60.2 Å². The van der Waals surface area contributed by atoms with Gasteiger partial charge in [-0.05, 0) is 31.9 Å². The van der Waals surface area contributed by atoms with Gasteiger partial charge in [0.2, 0.25) is 5.88 Å². The van der Waals surface area contributed by atoms with E-state index in [1.165, 1.54) is 0 Å². The minimum absolute atomic E-state index is 0.356. The summed E-state index contributed by atoms with van der Waals surface area (Å²) in [6.45, 7) is 2.59. The van der Waals surface area contributed by atoms with Gasteiger partial charge in [0, 0.05) is 18.3 Å². The van der Waals surface area contributed by atoms with Crippen LogP contribution in [0, 0.1) is 0 Å². The molecule has 1 aliphatic rings. The summed E-state index contributed by atoms with van der Waals surface area (Å²) in [6, 6.07) is 4.73. The van der Waals surface area contributed by atoms with Crippen LogP contribution in [-0.2, 0) is 0 Å². The lowest BCUT2D eigenvalue weighted by molar-refractivity contribution is 0.325. The Morgan fingerprint density at radius 2 is 2.40 bits per heavy atom. The third-order valence-corrected chi connectivity index (χ3v) is 2.59. The highest BCUT2D eigenvalue weighted by Gasteiger charge is 2.26. The van der Waals surface area contributed by atoms with Gasteiger partial charge in [0.15, 0.2) is 0 Å². The summed E-state index contributed by atoms with van der Waals surface area (Å²) in [7, 11) is 0. The normalized spacial score (nSPS) is 24.4. The van der Waals surface area contributed by atoms with Crippen molar-refractivity contribution in [1.29, 1.82) is 0 Å². The van der Waals surface area contributed by atoms with Crippen molar-refractivity contribution in [2.24, 2.45) is 5.73 Å².